The molecule has 0 aliphatic rings. The normalized spacial score (nSPS) is 11.7. The number of benzene rings is 2. The number of nitrogens with zero attached hydrogens (tertiary/aromatic N) is 1. The number of rotatable bonds is 7. The van der Waals surface area contributed by atoms with Gasteiger partial charge in [-0.1, -0.05) is 37.6 Å². The van der Waals surface area contributed by atoms with Crippen molar-refractivity contribution < 1.29 is 17.9 Å². The lowest BCUT2D eigenvalue weighted by Crippen LogP contribution is -2.35. The number of carbonyl (C=O) groups is 1. The van der Waals surface area contributed by atoms with E-state index >= 15 is 0 Å². The van der Waals surface area contributed by atoms with Gasteiger partial charge in [-0.3, -0.25) is 4.79 Å². The van der Waals surface area contributed by atoms with E-state index in [0.717, 1.165) is 21.0 Å². The SMILES string of the molecule is COc1ccc(C(C)C)cc1S(=O)(=O)N(C)CC(=O)Nc1ccc(C)cc1C. The summed E-state index contributed by atoms with van der Waals surface area (Å²) in [5.74, 6) is 0.0148. The number of amides is 1. The third-order valence-electron chi connectivity index (χ3n) is 4.56. The number of sulfonamides is 1. The van der Waals surface area contributed by atoms with E-state index in [9.17, 15) is 13.2 Å². The van der Waals surface area contributed by atoms with E-state index in [2.05, 4.69) is 5.32 Å². The first-order valence-electron chi connectivity index (χ1n) is 9.07. The average molecular weight is 405 g/mol. The zero-order chi connectivity index (χ0) is 21.1. The minimum atomic E-state index is -3.89. The summed E-state index contributed by atoms with van der Waals surface area (Å²) >= 11 is 0. The molecule has 1 amide bonds. The molecule has 152 valence electrons. The smallest absolute Gasteiger partial charge is 0.246 e. The van der Waals surface area contributed by atoms with Gasteiger partial charge in [-0.25, -0.2) is 8.42 Å². The summed E-state index contributed by atoms with van der Waals surface area (Å²) in [4.78, 5) is 12.5. The van der Waals surface area contributed by atoms with E-state index < -0.39 is 15.9 Å². The molecule has 0 atom stereocenters. The summed E-state index contributed by atoms with van der Waals surface area (Å²) in [6.45, 7) is 7.53. The van der Waals surface area contributed by atoms with Crippen molar-refractivity contribution in [2.24, 2.45) is 0 Å². The van der Waals surface area contributed by atoms with Crippen molar-refractivity contribution in [3.8, 4) is 5.75 Å². The molecule has 0 spiro atoms. The van der Waals surface area contributed by atoms with Crippen LogP contribution < -0.4 is 10.1 Å². The van der Waals surface area contributed by atoms with Crippen LogP contribution in [0.25, 0.3) is 0 Å². The lowest BCUT2D eigenvalue weighted by molar-refractivity contribution is -0.116. The summed E-state index contributed by atoms with van der Waals surface area (Å²) in [7, 11) is -1.08. The second-order valence-electron chi connectivity index (χ2n) is 7.19. The zero-order valence-corrected chi connectivity index (χ0v) is 18.1. The van der Waals surface area contributed by atoms with E-state index in [1.165, 1.54) is 14.2 Å². The number of anilines is 1. The Morgan fingerprint density at radius 1 is 1.14 bits per heavy atom. The topological polar surface area (TPSA) is 75.7 Å². The molecule has 0 fully saturated rings. The van der Waals surface area contributed by atoms with Crippen LogP contribution in [0.1, 0.15) is 36.5 Å². The van der Waals surface area contributed by atoms with Crippen molar-refractivity contribution in [2.75, 3.05) is 26.0 Å². The first kappa shape index (κ1) is 21.9. The highest BCUT2D eigenvalue weighted by atomic mass is 32.2. The second kappa shape index (κ2) is 8.75. The van der Waals surface area contributed by atoms with Gasteiger partial charge in [0.05, 0.1) is 13.7 Å². The number of aryl methyl sites for hydroxylation is 2. The van der Waals surface area contributed by atoms with Gasteiger partial charge < -0.3 is 10.1 Å². The molecule has 2 aromatic carbocycles. The standard InChI is InChI=1S/C21H28N2O4S/c1-14(2)17-8-10-19(27-6)20(12-17)28(25,26)23(5)13-21(24)22-18-9-7-15(3)11-16(18)4/h7-12,14H,13H2,1-6H3,(H,22,24). The third kappa shape index (κ3) is 4.91. The van der Waals surface area contributed by atoms with Crippen LogP contribution in [0.2, 0.25) is 0 Å². The molecule has 0 saturated carbocycles. The molecule has 7 heteroatoms. The molecule has 6 nitrogen and oxygen atoms in total. The summed E-state index contributed by atoms with van der Waals surface area (Å²) in [5.41, 5.74) is 3.56. The molecule has 0 aliphatic heterocycles. The van der Waals surface area contributed by atoms with Gasteiger partial charge >= 0.3 is 0 Å². The van der Waals surface area contributed by atoms with E-state index in [1.54, 1.807) is 12.1 Å². The maximum Gasteiger partial charge on any atom is 0.246 e. The maximum absolute atomic E-state index is 13.1. The molecular formula is C21H28N2O4S. The van der Waals surface area contributed by atoms with Crippen molar-refractivity contribution in [2.45, 2.75) is 38.5 Å². The van der Waals surface area contributed by atoms with Crippen LogP contribution in [0, 0.1) is 13.8 Å². The predicted octanol–water partition coefficient (Wildman–Crippen LogP) is 3.69. The summed E-state index contributed by atoms with van der Waals surface area (Å²) < 4.78 is 32.4. The van der Waals surface area contributed by atoms with Crippen LogP contribution >= 0.6 is 0 Å². The number of hydrogen-bond donors (Lipinski definition) is 1. The number of hydrogen-bond acceptors (Lipinski definition) is 4. The Morgan fingerprint density at radius 3 is 2.39 bits per heavy atom. The van der Waals surface area contributed by atoms with Gasteiger partial charge in [0.2, 0.25) is 15.9 Å². The maximum atomic E-state index is 13.1. The Morgan fingerprint density at radius 2 is 1.82 bits per heavy atom. The molecular weight excluding hydrogens is 376 g/mol. The highest BCUT2D eigenvalue weighted by Gasteiger charge is 2.27. The van der Waals surface area contributed by atoms with Gasteiger partial charge in [0.1, 0.15) is 10.6 Å². The quantitative estimate of drug-likeness (QED) is 0.764. The second-order valence-corrected chi connectivity index (χ2v) is 9.21. The van der Waals surface area contributed by atoms with Crippen LogP contribution in [-0.4, -0.2) is 39.3 Å². The molecule has 0 bridgehead atoms. The fourth-order valence-electron chi connectivity index (χ4n) is 2.85. The number of nitrogens with one attached hydrogen (secondary N) is 1. The van der Waals surface area contributed by atoms with Crippen molar-refractivity contribution in [1.29, 1.82) is 0 Å². The molecule has 0 heterocycles. The summed E-state index contributed by atoms with van der Waals surface area (Å²) in [6, 6.07) is 10.8. The monoisotopic (exact) mass is 404 g/mol. The van der Waals surface area contributed by atoms with Crippen molar-refractivity contribution >= 4 is 21.6 Å². The highest BCUT2D eigenvalue weighted by Crippen LogP contribution is 2.30. The average Bonchev–Trinajstić information content (AvgIpc) is 2.63. The van der Waals surface area contributed by atoms with Crippen LogP contribution in [0.3, 0.4) is 0 Å². The van der Waals surface area contributed by atoms with E-state index in [1.807, 2.05) is 52.0 Å². The first-order valence-corrected chi connectivity index (χ1v) is 10.5. The number of ether oxygens (including phenoxy) is 1. The van der Waals surface area contributed by atoms with Gasteiger partial charge in [0, 0.05) is 12.7 Å². The van der Waals surface area contributed by atoms with E-state index in [0.29, 0.717) is 5.69 Å². The van der Waals surface area contributed by atoms with Gasteiger partial charge in [-0.15, -0.1) is 0 Å². The number of methoxy groups -OCH3 is 1. The molecule has 2 aromatic rings. The van der Waals surface area contributed by atoms with Gasteiger partial charge in [0.25, 0.3) is 0 Å². The predicted molar refractivity (Wildman–Crippen MR) is 111 cm³/mol. The number of likely N-dealkylation sites (N-methyl/N-ethyl adjacent to an activating group) is 1. The van der Waals surface area contributed by atoms with Gasteiger partial charge in [0.15, 0.2) is 0 Å². The Labute approximate surface area is 167 Å². The molecule has 28 heavy (non-hydrogen) atoms. The molecule has 0 unspecified atom stereocenters. The Balaban J connectivity index is 2.24. The van der Waals surface area contributed by atoms with Crippen LogP contribution in [0.4, 0.5) is 5.69 Å². The fourth-order valence-corrected chi connectivity index (χ4v) is 4.17. The van der Waals surface area contributed by atoms with Crippen LogP contribution in [0.5, 0.6) is 5.75 Å². The Kier molecular flexibility index (Phi) is 6.85. The zero-order valence-electron chi connectivity index (χ0n) is 17.2. The van der Waals surface area contributed by atoms with E-state index in [4.69, 9.17) is 4.74 Å². The molecule has 1 N–H and O–H groups in total. The van der Waals surface area contributed by atoms with E-state index in [-0.39, 0.29) is 23.1 Å². The van der Waals surface area contributed by atoms with Crippen molar-refractivity contribution in [1.82, 2.24) is 4.31 Å². The first-order chi connectivity index (χ1) is 13.1. The Hall–Kier alpha value is -2.38. The molecule has 0 radical (unpaired) electrons. The lowest BCUT2D eigenvalue weighted by Gasteiger charge is -2.20. The molecule has 2 rings (SSSR count). The third-order valence-corrected chi connectivity index (χ3v) is 6.39. The van der Waals surface area contributed by atoms with Crippen molar-refractivity contribution in [3.63, 3.8) is 0 Å². The Bertz CT molecular complexity index is 968. The molecule has 0 saturated heterocycles. The van der Waals surface area contributed by atoms with Crippen molar-refractivity contribution in [3.05, 3.63) is 53.1 Å². The van der Waals surface area contributed by atoms with Crippen LogP contribution in [-0.2, 0) is 14.8 Å². The molecule has 0 aliphatic carbocycles. The largest absolute Gasteiger partial charge is 0.495 e. The molecule has 0 aromatic heterocycles. The van der Waals surface area contributed by atoms with Gasteiger partial charge in [-0.2, -0.15) is 4.31 Å². The number of carbonyl (C=O) groups excluding carboxylic acids is 1. The fraction of sp³-hybridized carbons (Fsp3) is 0.381. The lowest BCUT2D eigenvalue weighted by atomic mass is 10.0. The minimum absolute atomic E-state index is 0.0583. The highest BCUT2D eigenvalue weighted by molar-refractivity contribution is 7.89. The summed E-state index contributed by atoms with van der Waals surface area (Å²) in [5, 5.41) is 2.77. The van der Waals surface area contributed by atoms with Crippen LogP contribution in [0.15, 0.2) is 41.3 Å². The minimum Gasteiger partial charge on any atom is -0.495 e. The van der Waals surface area contributed by atoms with Gasteiger partial charge in [-0.05, 0) is 49.1 Å². The summed E-state index contributed by atoms with van der Waals surface area (Å²) in [6.07, 6.45) is 0.